The summed E-state index contributed by atoms with van der Waals surface area (Å²) in [6.45, 7) is 1.97. The van der Waals surface area contributed by atoms with Crippen LogP contribution in [0.4, 0.5) is 10.1 Å². The van der Waals surface area contributed by atoms with E-state index in [0.29, 0.717) is 23.4 Å². The first-order valence-electron chi connectivity index (χ1n) is 5.97. The Hall–Kier alpha value is -2.20. The lowest BCUT2D eigenvalue weighted by molar-refractivity contribution is 0.102. The average molecular weight is 258 g/mol. The zero-order valence-corrected chi connectivity index (χ0v) is 10.6. The molecule has 19 heavy (non-hydrogen) atoms. The number of aryl methyl sites for hydroxylation is 1. The van der Waals surface area contributed by atoms with E-state index in [1.807, 2.05) is 18.2 Å². The molecule has 2 rings (SSSR count). The first-order chi connectivity index (χ1) is 9.11. The predicted molar refractivity (Wildman–Crippen MR) is 73.4 cm³/mol. The molecule has 4 heteroatoms. The fraction of sp³-hybridized carbons (Fsp3) is 0.133. The molecule has 3 nitrogen and oxygen atoms in total. The molecule has 0 saturated carbocycles. The largest absolute Gasteiger partial charge is 0.326 e. The summed E-state index contributed by atoms with van der Waals surface area (Å²) >= 11 is 0. The van der Waals surface area contributed by atoms with E-state index in [2.05, 4.69) is 5.32 Å². The molecule has 0 aliphatic carbocycles. The third-order valence-corrected chi connectivity index (χ3v) is 2.91. The van der Waals surface area contributed by atoms with Crippen LogP contribution in [0.15, 0.2) is 42.5 Å². The highest BCUT2D eigenvalue weighted by Crippen LogP contribution is 2.16. The van der Waals surface area contributed by atoms with E-state index in [-0.39, 0.29) is 11.7 Å². The minimum Gasteiger partial charge on any atom is -0.326 e. The second-order valence-corrected chi connectivity index (χ2v) is 4.28. The molecule has 2 aromatic rings. The summed E-state index contributed by atoms with van der Waals surface area (Å²) in [5.41, 5.74) is 8.01. The molecule has 0 aromatic heterocycles. The lowest BCUT2D eigenvalue weighted by Crippen LogP contribution is -2.14. The lowest BCUT2D eigenvalue weighted by Gasteiger charge is -2.10. The van der Waals surface area contributed by atoms with E-state index in [9.17, 15) is 9.18 Å². The maximum atomic E-state index is 13.2. The van der Waals surface area contributed by atoms with Crippen molar-refractivity contribution in [2.75, 3.05) is 5.32 Å². The number of anilines is 1. The summed E-state index contributed by atoms with van der Waals surface area (Å²) in [4.78, 5) is 12.1. The van der Waals surface area contributed by atoms with Gasteiger partial charge in [-0.1, -0.05) is 18.2 Å². The summed E-state index contributed by atoms with van der Waals surface area (Å²) in [6.07, 6.45) is 0. The molecule has 0 unspecified atom stereocenters. The number of nitrogens with two attached hydrogens (primary N) is 1. The Morgan fingerprint density at radius 3 is 2.68 bits per heavy atom. The van der Waals surface area contributed by atoms with Crippen molar-refractivity contribution in [3.8, 4) is 0 Å². The van der Waals surface area contributed by atoms with Crippen molar-refractivity contribution < 1.29 is 9.18 Å². The Labute approximate surface area is 111 Å². The topological polar surface area (TPSA) is 55.1 Å². The molecule has 0 bridgehead atoms. The van der Waals surface area contributed by atoms with Crippen LogP contribution >= 0.6 is 0 Å². The summed E-state index contributed by atoms with van der Waals surface area (Å²) in [5.74, 6) is -0.595. The van der Waals surface area contributed by atoms with Gasteiger partial charge in [0.2, 0.25) is 0 Å². The van der Waals surface area contributed by atoms with E-state index in [1.54, 1.807) is 13.0 Å². The van der Waals surface area contributed by atoms with Gasteiger partial charge in [0.25, 0.3) is 5.91 Å². The van der Waals surface area contributed by atoms with Crippen LogP contribution in [0.3, 0.4) is 0 Å². The van der Waals surface area contributed by atoms with Crippen molar-refractivity contribution in [3.63, 3.8) is 0 Å². The molecule has 0 spiro atoms. The van der Waals surface area contributed by atoms with Crippen LogP contribution in [0, 0.1) is 12.7 Å². The van der Waals surface area contributed by atoms with Gasteiger partial charge in [-0.2, -0.15) is 0 Å². The Balaban J connectivity index is 2.23. The molecular weight excluding hydrogens is 243 g/mol. The first kappa shape index (κ1) is 13.2. The van der Waals surface area contributed by atoms with Gasteiger partial charge in [0.15, 0.2) is 0 Å². The maximum absolute atomic E-state index is 13.2. The summed E-state index contributed by atoms with van der Waals surface area (Å²) < 4.78 is 13.2. The number of amides is 1. The number of halogens is 1. The molecular formula is C15H15FN2O. The maximum Gasteiger partial charge on any atom is 0.255 e. The van der Waals surface area contributed by atoms with Gasteiger partial charge in [-0.3, -0.25) is 4.79 Å². The number of hydrogen-bond donors (Lipinski definition) is 2. The van der Waals surface area contributed by atoms with Crippen molar-refractivity contribution in [1.82, 2.24) is 0 Å². The first-order valence-corrected chi connectivity index (χ1v) is 5.97. The quantitative estimate of drug-likeness (QED) is 0.889. The van der Waals surface area contributed by atoms with E-state index in [4.69, 9.17) is 5.73 Å². The molecule has 1 amide bonds. The smallest absolute Gasteiger partial charge is 0.255 e. The number of carbonyl (C=O) groups is 1. The molecule has 0 radical (unpaired) electrons. The van der Waals surface area contributed by atoms with Gasteiger partial charge < -0.3 is 11.1 Å². The fourth-order valence-electron chi connectivity index (χ4n) is 1.80. The molecule has 0 atom stereocenters. The summed E-state index contributed by atoms with van der Waals surface area (Å²) in [7, 11) is 0. The van der Waals surface area contributed by atoms with Crippen LogP contribution in [0.25, 0.3) is 0 Å². The van der Waals surface area contributed by atoms with Gasteiger partial charge in [-0.25, -0.2) is 4.39 Å². The number of hydrogen-bond acceptors (Lipinski definition) is 2. The highest BCUT2D eigenvalue weighted by Gasteiger charge is 2.09. The number of rotatable bonds is 3. The van der Waals surface area contributed by atoms with Crippen LogP contribution in [0.5, 0.6) is 0 Å². The van der Waals surface area contributed by atoms with Gasteiger partial charge >= 0.3 is 0 Å². The third kappa shape index (κ3) is 2.98. The molecule has 0 saturated heterocycles. The van der Waals surface area contributed by atoms with Crippen LogP contribution in [0.1, 0.15) is 21.5 Å². The van der Waals surface area contributed by atoms with E-state index in [1.165, 1.54) is 18.2 Å². The minimum absolute atomic E-state index is 0.274. The van der Waals surface area contributed by atoms with Crippen molar-refractivity contribution in [2.24, 2.45) is 5.73 Å². The van der Waals surface area contributed by atoms with Crippen molar-refractivity contribution in [3.05, 3.63) is 65.0 Å². The second kappa shape index (κ2) is 5.63. The fourth-order valence-corrected chi connectivity index (χ4v) is 1.80. The third-order valence-electron chi connectivity index (χ3n) is 2.91. The van der Waals surface area contributed by atoms with Crippen molar-refractivity contribution >= 4 is 11.6 Å². The van der Waals surface area contributed by atoms with Crippen LogP contribution < -0.4 is 11.1 Å². The number of benzene rings is 2. The molecule has 98 valence electrons. The normalized spacial score (nSPS) is 10.3. The zero-order valence-electron chi connectivity index (χ0n) is 10.6. The van der Waals surface area contributed by atoms with Gasteiger partial charge in [-0.05, 0) is 42.3 Å². The van der Waals surface area contributed by atoms with Crippen molar-refractivity contribution in [1.29, 1.82) is 0 Å². The van der Waals surface area contributed by atoms with Crippen LogP contribution in [0.2, 0.25) is 0 Å². The van der Waals surface area contributed by atoms with Gasteiger partial charge in [0, 0.05) is 17.8 Å². The van der Waals surface area contributed by atoms with E-state index < -0.39 is 0 Å². The highest BCUT2D eigenvalue weighted by atomic mass is 19.1. The van der Waals surface area contributed by atoms with Gasteiger partial charge in [0.1, 0.15) is 5.82 Å². The number of nitrogens with one attached hydrogen (secondary N) is 1. The monoisotopic (exact) mass is 258 g/mol. The van der Waals surface area contributed by atoms with E-state index >= 15 is 0 Å². The summed E-state index contributed by atoms with van der Waals surface area (Å²) in [6, 6.07) is 11.6. The highest BCUT2D eigenvalue weighted by molar-refractivity contribution is 6.04. The molecule has 0 fully saturated rings. The average Bonchev–Trinajstić information content (AvgIpc) is 2.42. The standard InChI is InChI=1S/C15H15FN2O/c1-10-8-11(6-7-13(10)16)15(19)18-14-5-3-2-4-12(14)9-17/h2-8H,9,17H2,1H3,(H,18,19). The lowest BCUT2D eigenvalue weighted by atomic mass is 10.1. The SMILES string of the molecule is Cc1cc(C(=O)Nc2ccccc2CN)ccc1F. The second-order valence-electron chi connectivity index (χ2n) is 4.28. The Kier molecular flexibility index (Phi) is 3.92. The molecule has 0 aliphatic rings. The van der Waals surface area contributed by atoms with E-state index in [0.717, 1.165) is 5.56 Å². The van der Waals surface area contributed by atoms with Crippen molar-refractivity contribution in [2.45, 2.75) is 13.5 Å². The van der Waals surface area contributed by atoms with Gasteiger partial charge in [-0.15, -0.1) is 0 Å². The number of para-hydroxylation sites is 1. The Bertz CT molecular complexity index is 611. The minimum atomic E-state index is -0.320. The molecule has 0 aliphatic heterocycles. The molecule has 3 N–H and O–H groups in total. The number of carbonyl (C=O) groups excluding carboxylic acids is 1. The molecule has 0 heterocycles. The van der Waals surface area contributed by atoms with Crippen LogP contribution in [-0.4, -0.2) is 5.91 Å². The predicted octanol–water partition coefficient (Wildman–Crippen LogP) is 2.85. The molecule has 2 aromatic carbocycles. The van der Waals surface area contributed by atoms with Gasteiger partial charge in [0.05, 0.1) is 0 Å². The Morgan fingerprint density at radius 2 is 2.00 bits per heavy atom. The summed E-state index contributed by atoms with van der Waals surface area (Å²) in [5, 5.41) is 2.78. The van der Waals surface area contributed by atoms with Crippen LogP contribution in [-0.2, 0) is 6.54 Å². The Morgan fingerprint density at radius 1 is 1.26 bits per heavy atom. The zero-order chi connectivity index (χ0) is 13.8.